The Morgan fingerprint density at radius 1 is 1.06 bits per heavy atom. The summed E-state index contributed by atoms with van der Waals surface area (Å²) in [5.41, 5.74) is 1.43. The van der Waals surface area contributed by atoms with Crippen LogP contribution >= 0.6 is 0 Å². The lowest BCUT2D eigenvalue weighted by atomic mass is 10.2. The first-order valence-electron chi connectivity index (χ1n) is 11.5. The maximum absolute atomic E-state index is 13.2. The summed E-state index contributed by atoms with van der Waals surface area (Å²) in [6.07, 6.45) is 2.33. The third kappa shape index (κ3) is 5.43. The minimum atomic E-state index is -3.65. The van der Waals surface area contributed by atoms with Crippen LogP contribution in [0.25, 0.3) is 0 Å². The van der Waals surface area contributed by atoms with E-state index in [9.17, 15) is 13.2 Å². The van der Waals surface area contributed by atoms with Gasteiger partial charge in [0.2, 0.25) is 15.9 Å². The van der Waals surface area contributed by atoms with Crippen molar-refractivity contribution in [3.05, 3.63) is 18.2 Å². The van der Waals surface area contributed by atoms with Crippen LogP contribution in [0.5, 0.6) is 0 Å². The molecule has 0 saturated carbocycles. The topological polar surface area (TPSA) is 91.4 Å². The summed E-state index contributed by atoms with van der Waals surface area (Å²) in [5.74, 6) is -0.146. The lowest BCUT2D eigenvalue weighted by molar-refractivity contribution is -0.121. The number of hydrogen-bond donors (Lipinski definition) is 1. The molecule has 1 N–H and O–H groups in total. The Bertz CT molecular complexity index is 903. The summed E-state index contributed by atoms with van der Waals surface area (Å²) in [6.45, 7) is 8.92. The van der Waals surface area contributed by atoms with Crippen molar-refractivity contribution in [1.82, 2.24) is 9.21 Å². The van der Waals surface area contributed by atoms with Crippen LogP contribution in [-0.2, 0) is 24.3 Å². The number of nitrogens with one attached hydrogen (secondary N) is 1. The molecule has 3 fully saturated rings. The van der Waals surface area contributed by atoms with Gasteiger partial charge in [-0.05, 0) is 44.9 Å². The minimum Gasteiger partial charge on any atom is -0.379 e. The normalized spacial score (nSPS) is 25.8. The third-order valence-corrected chi connectivity index (χ3v) is 8.05. The van der Waals surface area contributed by atoms with E-state index in [2.05, 4.69) is 15.1 Å². The van der Waals surface area contributed by atoms with Crippen molar-refractivity contribution in [2.75, 3.05) is 69.2 Å². The van der Waals surface area contributed by atoms with Crippen LogP contribution in [0.2, 0.25) is 0 Å². The summed E-state index contributed by atoms with van der Waals surface area (Å²) < 4.78 is 38.8. The van der Waals surface area contributed by atoms with Crippen LogP contribution in [0.4, 0.5) is 11.4 Å². The maximum Gasteiger partial charge on any atom is 0.243 e. The van der Waals surface area contributed by atoms with Crippen molar-refractivity contribution in [3.63, 3.8) is 0 Å². The van der Waals surface area contributed by atoms with Gasteiger partial charge in [-0.1, -0.05) is 0 Å². The van der Waals surface area contributed by atoms with Gasteiger partial charge >= 0.3 is 0 Å². The predicted octanol–water partition coefficient (Wildman–Crippen LogP) is 1.36. The molecule has 0 radical (unpaired) electrons. The van der Waals surface area contributed by atoms with E-state index < -0.39 is 10.0 Å². The largest absolute Gasteiger partial charge is 0.379 e. The molecule has 3 saturated heterocycles. The zero-order valence-corrected chi connectivity index (χ0v) is 19.8. The Kier molecular flexibility index (Phi) is 7.36. The number of amides is 1. The number of sulfonamides is 1. The highest BCUT2D eigenvalue weighted by molar-refractivity contribution is 7.89. The highest BCUT2D eigenvalue weighted by Gasteiger charge is 2.29. The molecule has 0 aliphatic carbocycles. The highest BCUT2D eigenvalue weighted by atomic mass is 32.2. The fourth-order valence-electron chi connectivity index (χ4n) is 4.75. The molecule has 4 rings (SSSR count). The van der Waals surface area contributed by atoms with E-state index in [1.807, 2.05) is 19.9 Å². The first kappa shape index (κ1) is 23.4. The minimum absolute atomic E-state index is 0.0775. The van der Waals surface area contributed by atoms with Crippen LogP contribution in [0.1, 0.15) is 26.7 Å². The summed E-state index contributed by atoms with van der Waals surface area (Å²) in [5, 5.41) is 3.01. The van der Waals surface area contributed by atoms with E-state index in [-0.39, 0.29) is 29.6 Å². The lowest BCUT2D eigenvalue weighted by Gasteiger charge is -2.34. The van der Waals surface area contributed by atoms with Gasteiger partial charge in [0.05, 0.1) is 48.2 Å². The molecule has 1 amide bonds. The highest BCUT2D eigenvalue weighted by Crippen LogP contribution is 2.32. The average Bonchev–Trinajstić information content (AvgIpc) is 3.28. The van der Waals surface area contributed by atoms with E-state index in [1.165, 1.54) is 4.31 Å². The number of hydrogen-bond acceptors (Lipinski definition) is 7. The van der Waals surface area contributed by atoms with Crippen molar-refractivity contribution in [2.24, 2.45) is 0 Å². The summed E-state index contributed by atoms with van der Waals surface area (Å²) in [7, 11) is -3.65. The number of carbonyl (C=O) groups is 1. The Hall–Kier alpha value is -1.72. The van der Waals surface area contributed by atoms with Crippen LogP contribution in [0.3, 0.4) is 0 Å². The Morgan fingerprint density at radius 3 is 2.38 bits per heavy atom. The first-order chi connectivity index (χ1) is 15.3. The standard InChI is InChI=1S/C22H34N4O5S/c1-17-14-24(15-18(2)31-17)16-22(27)23-20-13-19(5-6-21(20)25-7-3-4-8-25)32(28,29)26-9-11-30-12-10-26/h5-6,13,17-18H,3-4,7-12,14-16H2,1-2H3,(H,23,27)/t17-,18+. The summed E-state index contributed by atoms with van der Waals surface area (Å²) in [4.78, 5) is 17.4. The second-order valence-electron chi connectivity index (χ2n) is 8.89. The smallest absolute Gasteiger partial charge is 0.243 e. The number of anilines is 2. The van der Waals surface area contributed by atoms with Gasteiger partial charge in [0.1, 0.15) is 0 Å². The zero-order chi connectivity index (χ0) is 22.7. The Balaban J connectivity index is 1.55. The molecule has 9 nitrogen and oxygen atoms in total. The fourth-order valence-corrected chi connectivity index (χ4v) is 6.19. The van der Waals surface area contributed by atoms with Gasteiger partial charge < -0.3 is 19.7 Å². The molecule has 1 aromatic carbocycles. The van der Waals surface area contributed by atoms with E-state index in [4.69, 9.17) is 9.47 Å². The molecule has 0 unspecified atom stereocenters. The van der Waals surface area contributed by atoms with Gasteiger partial charge in [0.25, 0.3) is 0 Å². The SMILES string of the molecule is C[C@@H]1CN(CC(=O)Nc2cc(S(=O)(=O)N3CCOCC3)ccc2N2CCCC2)C[C@H](C)O1. The van der Waals surface area contributed by atoms with Gasteiger partial charge in [0, 0.05) is 39.3 Å². The fraction of sp³-hybridized carbons (Fsp3) is 0.682. The average molecular weight is 467 g/mol. The Labute approximate surface area is 190 Å². The second-order valence-corrected chi connectivity index (χ2v) is 10.8. The molecular formula is C22H34N4O5S. The van der Waals surface area contributed by atoms with Crippen LogP contribution in [0, 0.1) is 0 Å². The van der Waals surface area contributed by atoms with Gasteiger partial charge in [0.15, 0.2) is 0 Å². The zero-order valence-electron chi connectivity index (χ0n) is 19.0. The van der Waals surface area contributed by atoms with Crippen molar-refractivity contribution < 1.29 is 22.7 Å². The molecule has 0 bridgehead atoms. The van der Waals surface area contributed by atoms with Crippen LogP contribution in [0.15, 0.2) is 23.1 Å². The quantitative estimate of drug-likeness (QED) is 0.677. The molecule has 3 heterocycles. The predicted molar refractivity (Wildman–Crippen MR) is 123 cm³/mol. The van der Waals surface area contributed by atoms with Crippen molar-refractivity contribution in [2.45, 2.75) is 43.8 Å². The van der Waals surface area contributed by atoms with Gasteiger partial charge in [-0.3, -0.25) is 9.69 Å². The number of morpholine rings is 2. The van der Waals surface area contributed by atoms with Crippen LogP contribution in [-0.4, -0.2) is 94.8 Å². The maximum atomic E-state index is 13.2. The van der Waals surface area contributed by atoms with E-state index in [0.29, 0.717) is 45.1 Å². The molecule has 1 aromatic rings. The molecule has 0 spiro atoms. The number of ether oxygens (including phenoxy) is 2. The van der Waals surface area contributed by atoms with Crippen molar-refractivity contribution >= 4 is 27.3 Å². The van der Waals surface area contributed by atoms with E-state index in [0.717, 1.165) is 31.6 Å². The molecule has 2 atom stereocenters. The van der Waals surface area contributed by atoms with Gasteiger partial charge in [-0.2, -0.15) is 4.31 Å². The molecule has 178 valence electrons. The van der Waals surface area contributed by atoms with Crippen molar-refractivity contribution in [3.8, 4) is 0 Å². The molecular weight excluding hydrogens is 432 g/mol. The number of benzene rings is 1. The van der Waals surface area contributed by atoms with Gasteiger partial charge in [-0.15, -0.1) is 0 Å². The number of rotatable bonds is 6. The molecule has 32 heavy (non-hydrogen) atoms. The monoisotopic (exact) mass is 466 g/mol. The number of nitrogens with zero attached hydrogens (tertiary/aromatic N) is 3. The summed E-state index contributed by atoms with van der Waals surface area (Å²) >= 11 is 0. The van der Waals surface area contributed by atoms with E-state index in [1.54, 1.807) is 12.1 Å². The molecule has 0 aromatic heterocycles. The van der Waals surface area contributed by atoms with Gasteiger partial charge in [-0.25, -0.2) is 8.42 Å². The Morgan fingerprint density at radius 2 is 1.72 bits per heavy atom. The number of carbonyl (C=O) groups excluding carboxylic acids is 1. The molecule has 3 aliphatic rings. The lowest BCUT2D eigenvalue weighted by Crippen LogP contribution is -2.48. The second kappa shape index (κ2) is 10.0. The first-order valence-corrected chi connectivity index (χ1v) is 12.9. The van der Waals surface area contributed by atoms with Crippen molar-refractivity contribution in [1.29, 1.82) is 0 Å². The molecule has 3 aliphatic heterocycles. The third-order valence-electron chi connectivity index (χ3n) is 6.16. The molecule has 10 heteroatoms. The van der Waals surface area contributed by atoms with E-state index >= 15 is 0 Å². The summed E-state index contributed by atoms with van der Waals surface area (Å²) in [6, 6.07) is 5.09. The van der Waals surface area contributed by atoms with Crippen LogP contribution < -0.4 is 10.2 Å².